The smallest absolute Gasteiger partial charge is 0.235 e. The van der Waals surface area contributed by atoms with Crippen molar-refractivity contribution < 1.29 is 14.6 Å². The number of carbonyl (C=O) groups excluding carboxylic acids is 1. The highest BCUT2D eigenvalue weighted by molar-refractivity contribution is 7.80. The fourth-order valence-electron chi connectivity index (χ4n) is 3.51. The lowest BCUT2D eigenvalue weighted by Gasteiger charge is -2.41. The van der Waals surface area contributed by atoms with Gasteiger partial charge in [-0.05, 0) is 12.8 Å². The molecule has 2 fully saturated rings. The molecule has 0 atom stereocenters. The maximum Gasteiger partial charge on any atom is 0.235 e. The van der Waals surface area contributed by atoms with E-state index in [0.29, 0.717) is 37.6 Å². The Morgan fingerprint density at radius 2 is 1.81 bits per heavy atom. The zero-order valence-corrected chi connectivity index (χ0v) is 13.6. The van der Waals surface area contributed by atoms with Gasteiger partial charge in [-0.25, -0.2) is 0 Å². The molecular formula is C15H26N2O3S. The standard InChI is InChI=1S/C15H26N2O3S/c1-17(11-14(19)7-9-20-10-8-14)13(18)15(12(16)21)5-3-2-4-6-15/h19H,2-11H2,1H3,(H2,16,21). The van der Waals surface area contributed by atoms with Crippen LogP contribution in [0.5, 0.6) is 0 Å². The average molecular weight is 314 g/mol. The van der Waals surface area contributed by atoms with Gasteiger partial charge >= 0.3 is 0 Å². The summed E-state index contributed by atoms with van der Waals surface area (Å²) in [7, 11) is 1.74. The molecule has 1 aliphatic carbocycles. The number of hydrogen-bond acceptors (Lipinski definition) is 4. The van der Waals surface area contributed by atoms with E-state index in [1.165, 1.54) is 0 Å². The SMILES string of the molecule is CN(CC1(O)CCOCC1)C(=O)C1(C(N)=S)CCCCC1. The van der Waals surface area contributed by atoms with E-state index >= 15 is 0 Å². The van der Waals surface area contributed by atoms with Crippen molar-refractivity contribution in [1.29, 1.82) is 0 Å². The lowest BCUT2D eigenvalue weighted by molar-refractivity contribution is -0.144. The molecule has 0 radical (unpaired) electrons. The van der Waals surface area contributed by atoms with Gasteiger partial charge in [0.1, 0.15) is 0 Å². The van der Waals surface area contributed by atoms with E-state index in [9.17, 15) is 9.90 Å². The molecule has 6 heteroatoms. The lowest BCUT2D eigenvalue weighted by Crippen LogP contribution is -2.54. The number of thiocarbonyl (C=S) groups is 1. The van der Waals surface area contributed by atoms with E-state index in [4.69, 9.17) is 22.7 Å². The monoisotopic (exact) mass is 314 g/mol. The molecule has 0 bridgehead atoms. The minimum Gasteiger partial charge on any atom is -0.392 e. The van der Waals surface area contributed by atoms with Gasteiger partial charge in [-0.3, -0.25) is 4.79 Å². The van der Waals surface area contributed by atoms with Gasteiger partial charge in [0.2, 0.25) is 5.91 Å². The van der Waals surface area contributed by atoms with Crippen LogP contribution in [0.4, 0.5) is 0 Å². The van der Waals surface area contributed by atoms with Gasteiger partial charge < -0.3 is 20.5 Å². The number of nitrogens with zero attached hydrogens (tertiary/aromatic N) is 1. The van der Waals surface area contributed by atoms with Crippen LogP contribution in [0, 0.1) is 5.41 Å². The van der Waals surface area contributed by atoms with E-state index in [1.807, 2.05) is 0 Å². The topological polar surface area (TPSA) is 75.8 Å². The first-order valence-corrected chi connectivity index (χ1v) is 8.16. The lowest BCUT2D eigenvalue weighted by atomic mass is 9.72. The first kappa shape index (κ1) is 16.6. The summed E-state index contributed by atoms with van der Waals surface area (Å²) in [5, 5.41) is 10.6. The van der Waals surface area contributed by atoms with Crippen LogP contribution in [-0.2, 0) is 9.53 Å². The van der Waals surface area contributed by atoms with Gasteiger partial charge in [-0.15, -0.1) is 0 Å². The van der Waals surface area contributed by atoms with Crippen molar-refractivity contribution in [2.24, 2.45) is 11.1 Å². The molecule has 1 saturated heterocycles. The number of aliphatic hydroxyl groups is 1. The summed E-state index contributed by atoms with van der Waals surface area (Å²) in [6.45, 7) is 1.40. The normalized spacial score (nSPS) is 24.3. The van der Waals surface area contributed by atoms with E-state index in [2.05, 4.69) is 0 Å². The zero-order chi connectivity index (χ0) is 15.5. The van der Waals surface area contributed by atoms with Crippen molar-refractivity contribution in [3.05, 3.63) is 0 Å². The third-order valence-electron chi connectivity index (χ3n) is 4.89. The second-order valence-electron chi connectivity index (χ2n) is 6.50. The van der Waals surface area contributed by atoms with Crippen LogP contribution >= 0.6 is 12.2 Å². The minimum absolute atomic E-state index is 0.0328. The summed E-state index contributed by atoms with van der Waals surface area (Å²) in [6, 6.07) is 0. The Labute approximate surface area is 131 Å². The van der Waals surface area contributed by atoms with Gasteiger partial charge in [0, 0.05) is 39.6 Å². The van der Waals surface area contributed by atoms with E-state index in [0.717, 1.165) is 32.1 Å². The molecule has 1 amide bonds. The molecule has 0 aromatic rings. The van der Waals surface area contributed by atoms with Gasteiger partial charge in [0.05, 0.1) is 16.0 Å². The molecule has 0 aromatic heterocycles. The molecule has 120 valence electrons. The Balaban J connectivity index is 2.07. The van der Waals surface area contributed by atoms with E-state index in [1.54, 1.807) is 11.9 Å². The minimum atomic E-state index is -0.852. The van der Waals surface area contributed by atoms with Crippen molar-refractivity contribution in [2.45, 2.75) is 50.5 Å². The Morgan fingerprint density at radius 3 is 2.33 bits per heavy atom. The van der Waals surface area contributed by atoms with Crippen LogP contribution in [0.3, 0.4) is 0 Å². The maximum atomic E-state index is 12.9. The molecule has 1 heterocycles. The summed E-state index contributed by atoms with van der Waals surface area (Å²) < 4.78 is 5.28. The Kier molecular flexibility index (Phi) is 5.22. The summed E-state index contributed by atoms with van der Waals surface area (Å²) in [6.07, 6.45) is 5.67. The van der Waals surface area contributed by atoms with Crippen LogP contribution < -0.4 is 5.73 Å². The number of carbonyl (C=O) groups is 1. The molecule has 2 rings (SSSR count). The fourth-order valence-corrected chi connectivity index (χ4v) is 3.80. The molecule has 0 spiro atoms. The van der Waals surface area contributed by atoms with Crippen molar-refractivity contribution in [3.63, 3.8) is 0 Å². The molecule has 1 saturated carbocycles. The molecule has 1 aliphatic heterocycles. The fraction of sp³-hybridized carbons (Fsp3) is 0.867. The van der Waals surface area contributed by atoms with Crippen molar-refractivity contribution >= 4 is 23.1 Å². The van der Waals surface area contributed by atoms with Gasteiger partial charge in [-0.1, -0.05) is 31.5 Å². The van der Waals surface area contributed by atoms with Gasteiger partial charge in [0.15, 0.2) is 0 Å². The molecule has 5 nitrogen and oxygen atoms in total. The number of hydrogen-bond donors (Lipinski definition) is 2. The second-order valence-corrected chi connectivity index (χ2v) is 6.94. The number of ether oxygens (including phenoxy) is 1. The Bertz CT molecular complexity index is 402. The average Bonchev–Trinajstić information content (AvgIpc) is 2.47. The van der Waals surface area contributed by atoms with E-state index in [-0.39, 0.29) is 5.91 Å². The molecule has 0 aromatic carbocycles. The van der Waals surface area contributed by atoms with Crippen LogP contribution in [-0.4, -0.2) is 53.3 Å². The molecule has 21 heavy (non-hydrogen) atoms. The largest absolute Gasteiger partial charge is 0.392 e. The Hall–Kier alpha value is -0.720. The Morgan fingerprint density at radius 1 is 1.24 bits per heavy atom. The summed E-state index contributed by atoms with van der Waals surface area (Å²) in [4.78, 5) is 14.8. The number of amides is 1. The van der Waals surface area contributed by atoms with Crippen molar-refractivity contribution in [3.8, 4) is 0 Å². The van der Waals surface area contributed by atoms with Gasteiger partial charge in [-0.2, -0.15) is 0 Å². The molecule has 0 unspecified atom stereocenters. The molecule has 3 N–H and O–H groups in total. The van der Waals surface area contributed by atoms with Crippen LogP contribution in [0.25, 0.3) is 0 Å². The molecule has 2 aliphatic rings. The number of nitrogens with two attached hydrogens (primary N) is 1. The predicted octanol–water partition coefficient (Wildman–Crippen LogP) is 1.22. The second kappa shape index (κ2) is 6.58. The highest BCUT2D eigenvalue weighted by Gasteiger charge is 2.45. The highest BCUT2D eigenvalue weighted by Crippen LogP contribution is 2.38. The van der Waals surface area contributed by atoms with Gasteiger partial charge in [0.25, 0.3) is 0 Å². The van der Waals surface area contributed by atoms with Crippen LogP contribution in [0.2, 0.25) is 0 Å². The third-order valence-corrected chi connectivity index (χ3v) is 5.28. The number of rotatable bonds is 4. The quantitative estimate of drug-likeness (QED) is 0.763. The maximum absolute atomic E-state index is 12.9. The predicted molar refractivity (Wildman–Crippen MR) is 84.9 cm³/mol. The first-order valence-electron chi connectivity index (χ1n) is 7.75. The summed E-state index contributed by atoms with van der Waals surface area (Å²) >= 11 is 5.20. The molecular weight excluding hydrogens is 288 g/mol. The van der Waals surface area contributed by atoms with Crippen LogP contribution in [0.15, 0.2) is 0 Å². The van der Waals surface area contributed by atoms with Crippen molar-refractivity contribution in [2.75, 3.05) is 26.8 Å². The third kappa shape index (κ3) is 3.55. The summed E-state index contributed by atoms with van der Waals surface area (Å²) in [5.41, 5.74) is 4.35. The highest BCUT2D eigenvalue weighted by atomic mass is 32.1. The van der Waals surface area contributed by atoms with E-state index < -0.39 is 11.0 Å². The first-order chi connectivity index (χ1) is 9.90. The summed E-state index contributed by atoms with van der Waals surface area (Å²) in [5.74, 6) is -0.0328. The van der Waals surface area contributed by atoms with Crippen LogP contribution in [0.1, 0.15) is 44.9 Å². The van der Waals surface area contributed by atoms with Crippen molar-refractivity contribution in [1.82, 2.24) is 4.90 Å². The zero-order valence-electron chi connectivity index (χ0n) is 12.8. The number of likely N-dealkylation sites (N-methyl/N-ethyl adjacent to an activating group) is 1.